The number of likely N-dealkylation sites (tertiary alicyclic amines) is 1. The number of nitrogens with zero attached hydrogens (tertiary/aromatic N) is 1. The zero-order chi connectivity index (χ0) is 13.2. The first-order valence-corrected chi connectivity index (χ1v) is 7.10. The molecular formula is C15H25NO2. The van der Waals surface area contributed by atoms with Gasteiger partial charge in [0.2, 0.25) is 0 Å². The van der Waals surface area contributed by atoms with E-state index in [4.69, 9.17) is 11.2 Å². The van der Waals surface area contributed by atoms with Crippen molar-refractivity contribution in [1.82, 2.24) is 4.90 Å². The van der Waals surface area contributed by atoms with Gasteiger partial charge in [-0.3, -0.25) is 4.79 Å². The summed E-state index contributed by atoms with van der Waals surface area (Å²) < 4.78 is 4.89. The molecule has 18 heavy (non-hydrogen) atoms. The quantitative estimate of drug-likeness (QED) is 0.395. The minimum Gasteiger partial charge on any atom is -0.466 e. The van der Waals surface area contributed by atoms with Crippen LogP contribution in [0.25, 0.3) is 0 Å². The van der Waals surface area contributed by atoms with Crippen LogP contribution < -0.4 is 0 Å². The second kappa shape index (κ2) is 8.99. The first-order chi connectivity index (χ1) is 8.76. The molecule has 0 N–H and O–H groups in total. The van der Waals surface area contributed by atoms with Gasteiger partial charge in [-0.2, -0.15) is 0 Å². The Morgan fingerprint density at radius 1 is 1.33 bits per heavy atom. The number of carbonyl (C=O) groups excluding carboxylic acids is 1. The van der Waals surface area contributed by atoms with Crippen molar-refractivity contribution in [2.24, 2.45) is 5.92 Å². The van der Waals surface area contributed by atoms with Crippen LogP contribution in [-0.4, -0.2) is 37.1 Å². The van der Waals surface area contributed by atoms with E-state index in [1.165, 1.54) is 6.42 Å². The van der Waals surface area contributed by atoms with Gasteiger partial charge in [-0.1, -0.05) is 6.42 Å². The molecule has 1 aliphatic heterocycles. The number of hydrogen-bond donors (Lipinski definition) is 0. The number of esters is 1. The van der Waals surface area contributed by atoms with E-state index in [9.17, 15) is 4.79 Å². The SMILES string of the molecule is C#CC1CCN(CCCCCC(=O)OCC)CC1. The Bertz CT molecular complexity index is 275. The molecule has 0 atom stereocenters. The van der Waals surface area contributed by atoms with Crippen LogP contribution in [0.4, 0.5) is 0 Å². The van der Waals surface area contributed by atoms with E-state index in [0.29, 0.717) is 18.9 Å². The predicted octanol–water partition coefficient (Wildman–Crippen LogP) is 2.46. The summed E-state index contributed by atoms with van der Waals surface area (Å²) in [4.78, 5) is 13.6. The molecule has 0 amide bonds. The fraction of sp³-hybridized carbons (Fsp3) is 0.800. The molecule has 3 nitrogen and oxygen atoms in total. The van der Waals surface area contributed by atoms with Crippen molar-refractivity contribution < 1.29 is 9.53 Å². The molecule has 0 aliphatic carbocycles. The van der Waals surface area contributed by atoms with Crippen molar-refractivity contribution >= 4 is 5.97 Å². The normalized spacial score (nSPS) is 17.3. The van der Waals surface area contributed by atoms with Crippen LogP contribution in [0.3, 0.4) is 0 Å². The van der Waals surface area contributed by atoms with Crippen molar-refractivity contribution in [2.75, 3.05) is 26.2 Å². The van der Waals surface area contributed by atoms with E-state index >= 15 is 0 Å². The number of hydrogen-bond acceptors (Lipinski definition) is 3. The summed E-state index contributed by atoms with van der Waals surface area (Å²) in [6, 6.07) is 0. The van der Waals surface area contributed by atoms with Gasteiger partial charge in [-0.05, 0) is 52.2 Å². The van der Waals surface area contributed by atoms with Crippen LogP contribution in [0.15, 0.2) is 0 Å². The molecule has 0 aromatic rings. The van der Waals surface area contributed by atoms with E-state index < -0.39 is 0 Å². The van der Waals surface area contributed by atoms with Gasteiger partial charge < -0.3 is 9.64 Å². The Labute approximate surface area is 111 Å². The van der Waals surface area contributed by atoms with Crippen molar-refractivity contribution in [3.8, 4) is 12.3 Å². The summed E-state index contributed by atoms with van der Waals surface area (Å²) in [5.74, 6) is 3.28. The standard InChI is InChI=1S/C15H25NO2/c1-3-14-9-12-16(13-10-14)11-7-5-6-8-15(17)18-4-2/h1,14H,4-13H2,2H3. The van der Waals surface area contributed by atoms with Crippen molar-refractivity contribution in [2.45, 2.75) is 45.4 Å². The highest BCUT2D eigenvalue weighted by atomic mass is 16.5. The molecule has 1 rings (SSSR count). The molecule has 0 aromatic carbocycles. The lowest BCUT2D eigenvalue weighted by atomic mass is 9.98. The van der Waals surface area contributed by atoms with Crippen molar-refractivity contribution in [1.29, 1.82) is 0 Å². The Morgan fingerprint density at radius 2 is 2.06 bits per heavy atom. The van der Waals surface area contributed by atoms with Gasteiger partial charge in [-0.15, -0.1) is 12.3 Å². The van der Waals surface area contributed by atoms with Crippen molar-refractivity contribution in [3.63, 3.8) is 0 Å². The smallest absolute Gasteiger partial charge is 0.305 e. The number of rotatable bonds is 7. The van der Waals surface area contributed by atoms with Gasteiger partial charge in [0.25, 0.3) is 0 Å². The molecule has 1 heterocycles. The summed E-state index contributed by atoms with van der Waals surface area (Å²) in [7, 11) is 0. The third-order valence-electron chi connectivity index (χ3n) is 3.48. The van der Waals surface area contributed by atoms with Gasteiger partial charge in [0.1, 0.15) is 0 Å². The van der Waals surface area contributed by atoms with E-state index in [-0.39, 0.29) is 5.97 Å². The molecule has 0 saturated carbocycles. The third-order valence-corrected chi connectivity index (χ3v) is 3.48. The largest absolute Gasteiger partial charge is 0.466 e. The Hall–Kier alpha value is -1.01. The van der Waals surface area contributed by atoms with E-state index in [2.05, 4.69) is 10.8 Å². The van der Waals surface area contributed by atoms with Gasteiger partial charge in [0.15, 0.2) is 0 Å². The maximum atomic E-state index is 11.1. The van der Waals surface area contributed by atoms with Crippen LogP contribution in [0, 0.1) is 18.3 Å². The minimum atomic E-state index is -0.0627. The molecule has 1 fully saturated rings. The summed E-state index contributed by atoms with van der Waals surface area (Å²) in [6.45, 7) is 5.74. The highest BCUT2D eigenvalue weighted by Gasteiger charge is 2.16. The highest BCUT2D eigenvalue weighted by Crippen LogP contribution is 2.16. The number of terminal acetylenes is 1. The second-order valence-corrected chi connectivity index (χ2v) is 4.90. The van der Waals surface area contributed by atoms with Gasteiger partial charge in [-0.25, -0.2) is 0 Å². The fourth-order valence-corrected chi connectivity index (χ4v) is 2.34. The lowest BCUT2D eigenvalue weighted by Gasteiger charge is -2.29. The number of piperidine rings is 1. The Balaban J connectivity index is 1.96. The van der Waals surface area contributed by atoms with Gasteiger partial charge in [0.05, 0.1) is 6.61 Å². The lowest BCUT2D eigenvalue weighted by molar-refractivity contribution is -0.143. The molecule has 3 heteroatoms. The first kappa shape index (κ1) is 15.0. The number of unbranched alkanes of at least 4 members (excludes halogenated alkanes) is 2. The second-order valence-electron chi connectivity index (χ2n) is 4.90. The van der Waals surface area contributed by atoms with Crippen LogP contribution in [0.2, 0.25) is 0 Å². The first-order valence-electron chi connectivity index (χ1n) is 7.10. The van der Waals surface area contributed by atoms with Crippen molar-refractivity contribution in [3.05, 3.63) is 0 Å². The van der Waals surface area contributed by atoms with E-state index in [1.54, 1.807) is 0 Å². The predicted molar refractivity (Wildman–Crippen MR) is 73.1 cm³/mol. The average molecular weight is 251 g/mol. The van der Waals surface area contributed by atoms with Gasteiger partial charge in [0, 0.05) is 12.3 Å². The summed E-state index contributed by atoms with van der Waals surface area (Å²) in [5.41, 5.74) is 0. The monoisotopic (exact) mass is 251 g/mol. The van der Waals surface area contributed by atoms with Crippen LogP contribution in [0.5, 0.6) is 0 Å². The Kier molecular flexibility index (Phi) is 7.52. The average Bonchev–Trinajstić information content (AvgIpc) is 2.39. The zero-order valence-electron chi connectivity index (χ0n) is 11.5. The summed E-state index contributed by atoms with van der Waals surface area (Å²) in [6.07, 6.45) is 11.5. The molecule has 0 aromatic heterocycles. The molecule has 0 unspecified atom stereocenters. The number of carbonyl (C=O) groups is 1. The maximum absolute atomic E-state index is 11.1. The molecule has 1 saturated heterocycles. The Morgan fingerprint density at radius 3 is 2.67 bits per heavy atom. The van der Waals surface area contributed by atoms with Crippen LogP contribution >= 0.6 is 0 Å². The molecule has 0 bridgehead atoms. The summed E-state index contributed by atoms with van der Waals surface area (Å²) >= 11 is 0. The molecular weight excluding hydrogens is 226 g/mol. The van der Waals surface area contributed by atoms with E-state index in [0.717, 1.165) is 45.3 Å². The molecule has 1 aliphatic rings. The molecule has 0 spiro atoms. The van der Waals surface area contributed by atoms with E-state index in [1.807, 2.05) is 6.92 Å². The third kappa shape index (κ3) is 6.07. The molecule has 0 radical (unpaired) electrons. The highest BCUT2D eigenvalue weighted by molar-refractivity contribution is 5.69. The number of ether oxygens (including phenoxy) is 1. The minimum absolute atomic E-state index is 0.0627. The summed E-state index contributed by atoms with van der Waals surface area (Å²) in [5, 5.41) is 0. The zero-order valence-corrected chi connectivity index (χ0v) is 11.5. The van der Waals surface area contributed by atoms with Crippen LogP contribution in [-0.2, 0) is 9.53 Å². The topological polar surface area (TPSA) is 29.5 Å². The maximum Gasteiger partial charge on any atom is 0.305 e. The van der Waals surface area contributed by atoms with Crippen LogP contribution in [0.1, 0.15) is 45.4 Å². The van der Waals surface area contributed by atoms with Gasteiger partial charge >= 0.3 is 5.97 Å². The lowest BCUT2D eigenvalue weighted by Crippen LogP contribution is -2.33. The fourth-order valence-electron chi connectivity index (χ4n) is 2.34. The molecule has 102 valence electrons.